The molecule has 11 nitrogen and oxygen atoms in total. The summed E-state index contributed by atoms with van der Waals surface area (Å²) in [4.78, 5) is 34.0. The smallest absolute Gasteiger partial charge is 0.402 e. The number of benzene rings is 2. The highest BCUT2D eigenvalue weighted by atomic mass is 16.5. The molecule has 2 aromatic carbocycles. The first-order chi connectivity index (χ1) is 18.0. The quantitative estimate of drug-likeness (QED) is 0.254. The number of likely N-dealkylation sites (tertiary alicyclic amines) is 1. The number of nitrogens with two attached hydrogens (primary N) is 2. The van der Waals surface area contributed by atoms with E-state index in [0.717, 1.165) is 24.2 Å². The number of anilines is 1. The third-order valence-corrected chi connectivity index (χ3v) is 7.92. The molecule has 2 aromatic rings. The number of hydrogen-bond donors (Lipinski definition) is 6. The van der Waals surface area contributed by atoms with Crippen LogP contribution in [0.3, 0.4) is 0 Å². The molecule has 4 aliphatic rings. The van der Waals surface area contributed by atoms with Crippen LogP contribution in [0.5, 0.6) is 11.5 Å². The molecule has 11 heteroatoms. The van der Waals surface area contributed by atoms with Gasteiger partial charge < -0.3 is 36.6 Å². The molecule has 6 rings (SSSR count). The summed E-state index contributed by atoms with van der Waals surface area (Å²) in [7, 11) is 0. The number of Topliss-reactive ketones (excluding diaryl/α,β-unsaturated/α-hetero) is 1. The highest BCUT2D eigenvalue weighted by Gasteiger charge is 2.73. The van der Waals surface area contributed by atoms with Crippen LogP contribution in [-0.4, -0.2) is 74.0 Å². The lowest BCUT2D eigenvalue weighted by atomic mass is 9.49. The summed E-state index contributed by atoms with van der Waals surface area (Å²) in [5, 5.41) is 37.8. The van der Waals surface area contributed by atoms with Crippen molar-refractivity contribution in [3.8, 4) is 11.5 Å². The third kappa shape index (κ3) is 4.13. The van der Waals surface area contributed by atoms with E-state index in [4.69, 9.17) is 25.5 Å². The molecule has 38 heavy (non-hydrogen) atoms. The van der Waals surface area contributed by atoms with Crippen LogP contribution in [0.2, 0.25) is 0 Å². The number of aliphatic hydroxyl groups is 1. The first kappa shape index (κ1) is 27.0. The van der Waals surface area contributed by atoms with Crippen molar-refractivity contribution in [3.05, 3.63) is 65.7 Å². The maximum atomic E-state index is 12.6. The number of carbonyl (C=O) groups excluding carboxylic acids is 1. The van der Waals surface area contributed by atoms with Gasteiger partial charge >= 0.3 is 12.1 Å². The summed E-state index contributed by atoms with van der Waals surface area (Å²) in [6.45, 7) is 5.36. The average Bonchev–Trinajstić information content (AvgIpc) is 3.21. The topological polar surface area (TPSA) is 197 Å². The number of ether oxygens (including phenoxy) is 1. The number of nitrogen functional groups attached to an aromatic ring is 1. The van der Waals surface area contributed by atoms with Crippen molar-refractivity contribution >= 4 is 23.5 Å². The van der Waals surface area contributed by atoms with Gasteiger partial charge in [-0.2, -0.15) is 0 Å². The van der Waals surface area contributed by atoms with Gasteiger partial charge in [0.2, 0.25) is 0 Å². The summed E-state index contributed by atoms with van der Waals surface area (Å²) >= 11 is 0. The molecule has 1 spiro atoms. The molecule has 1 saturated heterocycles. The minimum Gasteiger partial charge on any atom is -0.504 e. The second-order valence-corrected chi connectivity index (χ2v) is 9.79. The summed E-state index contributed by atoms with van der Waals surface area (Å²) in [6, 6.07) is 9.88. The van der Waals surface area contributed by atoms with Gasteiger partial charge in [0.25, 0.3) is 0 Å². The van der Waals surface area contributed by atoms with Crippen LogP contribution in [0, 0.1) is 0 Å². The zero-order valence-electron chi connectivity index (χ0n) is 20.7. The third-order valence-electron chi connectivity index (χ3n) is 7.92. The van der Waals surface area contributed by atoms with Gasteiger partial charge in [0.15, 0.2) is 23.4 Å². The van der Waals surface area contributed by atoms with Gasteiger partial charge in [-0.1, -0.05) is 24.3 Å². The van der Waals surface area contributed by atoms with E-state index >= 15 is 0 Å². The number of phenols is 1. The van der Waals surface area contributed by atoms with Gasteiger partial charge in [-0.25, -0.2) is 9.59 Å². The monoisotopic (exact) mass is 525 g/mol. The average molecular weight is 526 g/mol. The number of ketones is 1. The molecule has 4 atom stereocenters. The molecule has 1 saturated carbocycles. The van der Waals surface area contributed by atoms with Crippen molar-refractivity contribution in [2.75, 3.05) is 18.8 Å². The Morgan fingerprint density at radius 2 is 1.87 bits per heavy atom. The number of rotatable bonds is 3. The number of carbonyl (C=O) groups is 3. The van der Waals surface area contributed by atoms with E-state index in [9.17, 15) is 19.8 Å². The highest BCUT2D eigenvalue weighted by Crippen LogP contribution is 2.64. The van der Waals surface area contributed by atoms with Crippen LogP contribution in [0.25, 0.3) is 0 Å². The summed E-state index contributed by atoms with van der Waals surface area (Å²) in [5.41, 5.74) is 10.1. The molecule has 8 N–H and O–H groups in total. The first-order valence-corrected chi connectivity index (χ1v) is 12.2. The molecular formula is C27H31N3O8. The van der Waals surface area contributed by atoms with E-state index in [2.05, 4.69) is 17.2 Å². The summed E-state index contributed by atoms with van der Waals surface area (Å²) < 4.78 is 5.98. The summed E-state index contributed by atoms with van der Waals surface area (Å²) in [5.74, 6) is -0.460. The van der Waals surface area contributed by atoms with Crippen LogP contribution in [0.1, 0.15) is 40.7 Å². The van der Waals surface area contributed by atoms with E-state index in [0.29, 0.717) is 37.1 Å². The zero-order valence-corrected chi connectivity index (χ0v) is 20.7. The number of para-hydroxylation sites is 1. The van der Waals surface area contributed by atoms with Crippen molar-refractivity contribution in [1.82, 2.24) is 4.90 Å². The fourth-order valence-corrected chi connectivity index (χ4v) is 6.49. The number of hydrogen-bond acceptors (Lipinski definition) is 8. The zero-order chi connectivity index (χ0) is 27.8. The fraction of sp³-hybridized carbons (Fsp3) is 0.370. The number of aromatic carboxylic acids is 1. The van der Waals surface area contributed by atoms with E-state index in [1.807, 2.05) is 12.1 Å². The molecule has 2 aliphatic heterocycles. The Kier molecular flexibility index (Phi) is 7.09. The van der Waals surface area contributed by atoms with Crippen LogP contribution < -0.4 is 16.2 Å². The summed E-state index contributed by atoms with van der Waals surface area (Å²) in [6.07, 6.45) is 2.01. The SMILES string of the molecule is C=CCN1CC[C@]23c4c5ccc(O)c4O[C@H]2C(=O)CC[C@@]3(O)[C@H]1C5.NC(=O)O.Nc1ccccc1C(=O)O. The lowest BCUT2D eigenvalue weighted by molar-refractivity contribution is -0.187. The van der Waals surface area contributed by atoms with Crippen molar-refractivity contribution in [2.24, 2.45) is 5.73 Å². The van der Waals surface area contributed by atoms with Gasteiger partial charge in [-0.05, 0) is 43.0 Å². The van der Waals surface area contributed by atoms with E-state index in [1.54, 1.807) is 24.3 Å². The van der Waals surface area contributed by atoms with Gasteiger partial charge in [-0.15, -0.1) is 6.58 Å². The maximum Gasteiger partial charge on any atom is 0.402 e. The fourth-order valence-electron chi connectivity index (χ4n) is 6.49. The molecule has 202 valence electrons. The van der Waals surface area contributed by atoms with Crippen molar-refractivity contribution < 1.29 is 39.5 Å². The Balaban J connectivity index is 0.000000201. The number of carboxylic acids is 1. The van der Waals surface area contributed by atoms with Crippen molar-refractivity contribution in [3.63, 3.8) is 0 Å². The Morgan fingerprint density at radius 1 is 1.18 bits per heavy atom. The Labute approximate surface area is 218 Å². The number of phenolic OH excluding ortho intramolecular Hbond substituents is 1. The maximum absolute atomic E-state index is 12.6. The van der Waals surface area contributed by atoms with Crippen LogP contribution in [0.4, 0.5) is 10.5 Å². The highest BCUT2D eigenvalue weighted by molar-refractivity contribution is 5.93. The van der Waals surface area contributed by atoms with Crippen molar-refractivity contribution in [1.29, 1.82) is 0 Å². The molecule has 2 aliphatic carbocycles. The Bertz CT molecular complexity index is 1290. The lowest BCUT2D eigenvalue weighted by Gasteiger charge is -2.62. The normalized spacial score (nSPS) is 27.9. The minimum atomic E-state index is -1.33. The molecule has 2 fully saturated rings. The number of aromatic hydroxyl groups is 1. The Morgan fingerprint density at radius 3 is 2.47 bits per heavy atom. The second kappa shape index (κ2) is 9.99. The van der Waals surface area contributed by atoms with Crippen LogP contribution in [0.15, 0.2) is 49.1 Å². The number of carboxylic acid groups (broad SMARTS) is 2. The molecule has 0 unspecified atom stereocenters. The largest absolute Gasteiger partial charge is 0.504 e. The van der Waals surface area contributed by atoms with Gasteiger partial charge in [0, 0.05) is 36.8 Å². The van der Waals surface area contributed by atoms with Gasteiger partial charge in [0.1, 0.15) is 0 Å². The predicted octanol–water partition coefficient (Wildman–Crippen LogP) is 1.89. The molecule has 0 radical (unpaired) electrons. The number of nitrogens with zero attached hydrogens (tertiary/aromatic N) is 1. The number of primary amides is 1. The van der Waals surface area contributed by atoms with E-state index in [1.165, 1.54) is 6.07 Å². The number of amides is 1. The molecule has 0 aromatic heterocycles. The lowest BCUT2D eigenvalue weighted by Crippen LogP contribution is -2.76. The standard InChI is InChI=1S/C19H21NO4.C7H7NO2.CH3NO2/c1-2-8-20-9-7-18-15-11-3-4-12(21)16(15)24-17(18)13(22)5-6-19(18,23)14(20)10-11;8-6-4-2-1-3-5(6)7(9)10;2-1(3)4/h2-4,14,17,21,23H,1,5-10H2;1-4H,8H2,(H,9,10);2H2,(H,3,4)/t14-,17+,18+,19-;;/m1../s1. The second-order valence-electron chi connectivity index (χ2n) is 9.79. The van der Waals surface area contributed by atoms with Crippen molar-refractivity contribution in [2.45, 2.75) is 48.8 Å². The molecule has 1 amide bonds. The van der Waals surface area contributed by atoms with Crippen LogP contribution >= 0.6 is 0 Å². The van der Waals surface area contributed by atoms with Crippen LogP contribution in [-0.2, 0) is 16.6 Å². The first-order valence-electron chi connectivity index (χ1n) is 12.2. The van der Waals surface area contributed by atoms with Gasteiger partial charge in [0.05, 0.1) is 16.6 Å². The molecular weight excluding hydrogens is 494 g/mol. The molecule has 2 bridgehead atoms. The Hall–Kier alpha value is -4.09. The number of piperidine rings is 1. The van der Waals surface area contributed by atoms with E-state index in [-0.39, 0.29) is 23.1 Å². The predicted molar refractivity (Wildman–Crippen MR) is 137 cm³/mol. The van der Waals surface area contributed by atoms with E-state index < -0.39 is 29.2 Å². The van der Waals surface area contributed by atoms with Gasteiger partial charge in [-0.3, -0.25) is 9.69 Å². The minimum absolute atomic E-state index is 0.0408. The molecule has 2 heterocycles.